The largest absolute Gasteiger partial charge is 0.454 e. The molecule has 0 aliphatic carbocycles. The second-order valence-corrected chi connectivity index (χ2v) is 5.27. The Morgan fingerprint density at radius 2 is 2.00 bits per heavy atom. The topological polar surface area (TPSA) is 30.5 Å². The zero-order valence-corrected chi connectivity index (χ0v) is 12.2. The summed E-state index contributed by atoms with van der Waals surface area (Å²) in [6, 6.07) is 12.1. The van der Waals surface area contributed by atoms with Crippen molar-refractivity contribution >= 4 is 21.6 Å². The molecular formula is C15H14BrNO2. The van der Waals surface area contributed by atoms with E-state index >= 15 is 0 Å². The Kier molecular flexibility index (Phi) is 3.34. The van der Waals surface area contributed by atoms with Gasteiger partial charge in [0.05, 0.1) is 0 Å². The number of hydrogen-bond donors (Lipinski definition) is 1. The molecule has 0 radical (unpaired) electrons. The monoisotopic (exact) mass is 319 g/mol. The van der Waals surface area contributed by atoms with E-state index in [4.69, 9.17) is 9.47 Å². The molecule has 0 amide bonds. The molecule has 4 heteroatoms. The number of hydrogen-bond acceptors (Lipinski definition) is 3. The smallest absolute Gasteiger partial charge is 0.231 e. The lowest BCUT2D eigenvalue weighted by molar-refractivity contribution is 0.173. The molecule has 1 N–H and O–H groups in total. The highest BCUT2D eigenvalue weighted by Crippen LogP contribution is 2.35. The van der Waals surface area contributed by atoms with Crippen LogP contribution in [0.2, 0.25) is 0 Å². The third-order valence-corrected chi connectivity index (χ3v) is 4.07. The summed E-state index contributed by atoms with van der Waals surface area (Å²) in [5.74, 6) is 1.67. The van der Waals surface area contributed by atoms with Gasteiger partial charge in [0.15, 0.2) is 11.5 Å². The summed E-state index contributed by atoms with van der Waals surface area (Å²) in [5.41, 5.74) is 3.42. The van der Waals surface area contributed by atoms with Crippen molar-refractivity contribution in [3.63, 3.8) is 0 Å². The molecule has 0 saturated carbocycles. The van der Waals surface area contributed by atoms with Crippen molar-refractivity contribution in [2.24, 2.45) is 0 Å². The quantitative estimate of drug-likeness (QED) is 0.924. The standard InChI is InChI=1S/C15H14BrNO2/c1-10-12(16)5-3-6-13(10)17-8-11-4-2-7-14-15(11)19-9-18-14/h2-7,17H,8-9H2,1H3. The molecule has 2 aromatic carbocycles. The van der Waals surface area contributed by atoms with Crippen LogP contribution in [0.25, 0.3) is 0 Å². The predicted octanol–water partition coefficient (Wildman–Crippen LogP) is 4.10. The van der Waals surface area contributed by atoms with E-state index in [2.05, 4.69) is 34.2 Å². The van der Waals surface area contributed by atoms with Crippen LogP contribution in [0, 0.1) is 6.92 Å². The summed E-state index contributed by atoms with van der Waals surface area (Å²) in [4.78, 5) is 0. The van der Waals surface area contributed by atoms with Gasteiger partial charge in [-0.15, -0.1) is 0 Å². The molecular weight excluding hydrogens is 306 g/mol. The number of halogens is 1. The van der Waals surface area contributed by atoms with E-state index in [-0.39, 0.29) is 0 Å². The van der Waals surface area contributed by atoms with Gasteiger partial charge in [0.1, 0.15) is 0 Å². The first-order chi connectivity index (χ1) is 9.25. The predicted molar refractivity (Wildman–Crippen MR) is 78.8 cm³/mol. The number of anilines is 1. The highest BCUT2D eigenvalue weighted by atomic mass is 79.9. The first-order valence-corrected chi connectivity index (χ1v) is 6.91. The Morgan fingerprint density at radius 1 is 1.16 bits per heavy atom. The Morgan fingerprint density at radius 3 is 2.89 bits per heavy atom. The van der Waals surface area contributed by atoms with Crippen LogP contribution in [0.4, 0.5) is 5.69 Å². The average molecular weight is 320 g/mol. The lowest BCUT2D eigenvalue weighted by Gasteiger charge is -2.12. The summed E-state index contributed by atoms with van der Waals surface area (Å²) in [7, 11) is 0. The number of benzene rings is 2. The zero-order valence-electron chi connectivity index (χ0n) is 10.6. The summed E-state index contributed by atoms with van der Waals surface area (Å²) in [5, 5.41) is 3.43. The number of ether oxygens (including phenoxy) is 2. The van der Waals surface area contributed by atoms with E-state index in [1.165, 1.54) is 5.56 Å². The molecule has 0 bridgehead atoms. The molecule has 98 valence electrons. The fourth-order valence-electron chi connectivity index (χ4n) is 2.12. The van der Waals surface area contributed by atoms with Gasteiger partial charge in [0.25, 0.3) is 0 Å². The summed E-state index contributed by atoms with van der Waals surface area (Å²) in [6.07, 6.45) is 0. The second kappa shape index (κ2) is 5.13. The minimum atomic E-state index is 0.308. The lowest BCUT2D eigenvalue weighted by Crippen LogP contribution is -2.02. The van der Waals surface area contributed by atoms with Gasteiger partial charge in [-0.25, -0.2) is 0 Å². The van der Waals surface area contributed by atoms with Crippen LogP contribution in [0.5, 0.6) is 11.5 Å². The normalized spacial score (nSPS) is 12.5. The summed E-state index contributed by atoms with van der Waals surface area (Å²) in [6.45, 7) is 3.10. The minimum Gasteiger partial charge on any atom is -0.454 e. The Labute approximate surface area is 120 Å². The average Bonchev–Trinajstić information content (AvgIpc) is 2.89. The van der Waals surface area contributed by atoms with Crippen molar-refractivity contribution in [2.45, 2.75) is 13.5 Å². The van der Waals surface area contributed by atoms with E-state index in [1.807, 2.05) is 30.3 Å². The van der Waals surface area contributed by atoms with Crippen molar-refractivity contribution in [3.05, 3.63) is 52.0 Å². The Bertz CT molecular complexity index is 613. The van der Waals surface area contributed by atoms with Crippen molar-refractivity contribution < 1.29 is 9.47 Å². The molecule has 0 saturated heterocycles. The third kappa shape index (κ3) is 2.40. The molecule has 0 spiro atoms. The molecule has 1 aliphatic heterocycles. The summed E-state index contributed by atoms with van der Waals surface area (Å²) < 4.78 is 12.0. The Hall–Kier alpha value is -1.68. The van der Waals surface area contributed by atoms with Crippen LogP contribution in [-0.2, 0) is 6.54 Å². The van der Waals surface area contributed by atoms with E-state index in [0.717, 1.165) is 27.2 Å². The van der Waals surface area contributed by atoms with Crippen molar-refractivity contribution in [1.29, 1.82) is 0 Å². The molecule has 0 aromatic heterocycles. The maximum absolute atomic E-state index is 5.50. The molecule has 0 unspecified atom stereocenters. The molecule has 19 heavy (non-hydrogen) atoms. The number of fused-ring (bicyclic) bond motifs is 1. The molecule has 3 rings (SSSR count). The first kappa shape index (κ1) is 12.4. The molecule has 1 heterocycles. The third-order valence-electron chi connectivity index (χ3n) is 3.22. The minimum absolute atomic E-state index is 0.308. The highest BCUT2D eigenvalue weighted by molar-refractivity contribution is 9.10. The number of rotatable bonds is 3. The number of para-hydroxylation sites is 1. The lowest BCUT2D eigenvalue weighted by atomic mass is 10.1. The van der Waals surface area contributed by atoms with Crippen molar-refractivity contribution in [3.8, 4) is 11.5 Å². The van der Waals surface area contributed by atoms with Crippen LogP contribution >= 0.6 is 15.9 Å². The Balaban J connectivity index is 1.80. The van der Waals surface area contributed by atoms with Crippen LogP contribution < -0.4 is 14.8 Å². The van der Waals surface area contributed by atoms with Gasteiger partial charge in [0.2, 0.25) is 6.79 Å². The van der Waals surface area contributed by atoms with Crippen LogP contribution in [0.15, 0.2) is 40.9 Å². The van der Waals surface area contributed by atoms with Crippen LogP contribution in [0.3, 0.4) is 0 Å². The van der Waals surface area contributed by atoms with Crippen LogP contribution in [-0.4, -0.2) is 6.79 Å². The van der Waals surface area contributed by atoms with E-state index in [1.54, 1.807) is 0 Å². The maximum Gasteiger partial charge on any atom is 0.231 e. The molecule has 0 atom stereocenters. The van der Waals surface area contributed by atoms with E-state index < -0.39 is 0 Å². The van der Waals surface area contributed by atoms with Gasteiger partial charge in [-0.3, -0.25) is 0 Å². The molecule has 2 aromatic rings. The van der Waals surface area contributed by atoms with E-state index in [9.17, 15) is 0 Å². The molecule has 3 nitrogen and oxygen atoms in total. The SMILES string of the molecule is Cc1c(Br)cccc1NCc1cccc2c1OCO2. The van der Waals surface area contributed by atoms with Gasteiger partial charge < -0.3 is 14.8 Å². The van der Waals surface area contributed by atoms with Gasteiger partial charge in [-0.2, -0.15) is 0 Å². The number of nitrogens with one attached hydrogen (secondary N) is 1. The fourth-order valence-corrected chi connectivity index (χ4v) is 2.49. The van der Waals surface area contributed by atoms with Crippen molar-refractivity contribution in [1.82, 2.24) is 0 Å². The van der Waals surface area contributed by atoms with Crippen molar-refractivity contribution in [2.75, 3.05) is 12.1 Å². The highest BCUT2D eigenvalue weighted by Gasteiger charge is 2.16. The van der Waals surface area contributed by atoms with Gasteiger partial charge in [0, 0.05) is 22.3 Å². The maximum atomic E-state index is 5.50. The first-order valence-electron chi connectivity index (χ1n) is 6.12. The van der Waals surface area contributed by atoms with E-state index in [0.29, 0.717) is 13.3 Å². The van der Waals surface area contributed by atoms with Gasteiger partial charge in [-0.05, 0) is 30.7 Å². The van der Waals surface area contributed by atoms with Gasteiger partial charge in [-0.1, -0.05) is 34.1 Å². The molecule has 1 aliphatic rings. The summed E-state index contributed by atoms with van der Waals surface area (Å²) >= 11 is 3.54. The van der Waals surface area contributed by atoms with Crippen LogP contribution in [0.1, 0.15) is 11.1 Å². The van der Waals surface area contributed by atoms with Gasteiger partial charge >= 0.3 is 0 Å². The fraction of sp³-hybridized carbons (Fsp3) is 0.200. The zero-order chi connectivity index (χ0) is 13.2. The molecule has 0 fully saturated rings. The second-order valence-electron chi connectivity index (χ2n) is 4.42.